The zero-order valence-corrected chi connectivity index (χ0v) is 9.26. The summed E-state index contributed by atoms with van der Waals surface area (Å²) < 4.78 is 40.7. The maximum atomic E-state index is 12.2. The molecular weight excluding hydrogens is 265 g/mol. The van der Waals surface area contributed by atoms with Crippen LogP contribution in [0.25, 0.3) is 0 Å². The van der Waals surface area contributed by atoms with Gasteiger partial charge < -0.3 is 4.52 Å². The van der Waals surface area contributed by atoms with Crippen molar-refractivity contribution >= 4 is 11.9 Å². The number of amides is 1. The maximum absolute atomic E-state index is 12.2. The summed E-state index contributed by atoms with van der Waals surface area (Å²) in [6.45, 7) is 0. The lowest BCUT2D eigenvalue weighted by atomic mass is 10.2. The highest BCUT2D eigenvalue weighted by Gasteiger charge is 2.39. The van der Waals surface area contributed by atoms with Gasteiger partial charge in [0.2, 0.25) is 0 Å². The standard InChI is InChI=1S/C10H7F3N4O2/c11-10(12,13)8-15-9(16-19-8)17(14)7(18)6-4-2-1-3-5-6/h1-5H,14H2. The number of anilines is 1. The van der Waals surface area contributed by atoms with E-state index in [1.807, 2.05) is 0 Å². The molecule has 0 atom stereocenters. The van der Waals surface area contributed by atoms with Crippen molar-refractivity contribution in [3.63, 3.8) is 0 Å². The minimum absolute atomic E-state index is 0.184. The average molecular weight is 272 g/mol. The van der Waals surface area contributed by atoms with Crippen LogP contribution in [0.5, 0.6) is 0 Å². The molecule has 0 spiro atoms. The molecular formula is C10H7F3N4O2. The summed E-state index contributed by atoms with van der Waals surface area (Å²) in [7, 11) is 0. The largest absolute Gasteiger partial charge is 0.471 e. The van der Waals surface area contributed by atoms with E-state index >= 15 is 0 Å². The highest BCUT2D eigenvalue weighted by Crippen LogP contribution is 2.28. The Labute approximate surface area is 104 Å². The molecule has 0 radical (unpaired) electrons. The number of carbonyl (C=O) groups is 1. The number of halogens is 3. The van der Waals surface area contributed by atoms with Crippen LogP contribution in [-0.2, 0) is 6.18 Å². The van der Waals surface area contributed by atoms with Crippen LogP contribution in [0.1, 0.15) is 16.2 Å². The van der Waals surface area contributed by atoms with Gasteiger partial charge in [0.25, 0.3) is 11.9 Å². The Morgan fingerprint density at radius 2 is 1.89 bits per heavy atom. The highest BCUT2D eigenvalue weighted by molar-refractivity contribution is 6.04. The van der Waals surface area contributed by atoms with Gasteiger partial charge in [0, 0.05) is 5.56 Å². The molecule has 0 aliphatic carbocycles. The van der Waals surface area contributed by atoms with Crippen molar-refractivity contribution in [2.45, 2.75) is 6.18 Å². The van der Waals surface area contributed by atoms with Gasteiger partial charge in [0.1, 0.15) is 0 Å². The van der Waals surface area contributed by atoms with Gasteiger partial charge in [-0.15, -0.1) is 0 Å². The zero-order chi connectivity index (χ0) is 14.0. The van der Waals surface area contributed by atoms with E-state index in [1.165, 1.54) is 12.1 Å². The second-order valence-electron chi connectivity index (χ2n) is 3.44. The topological polar surface area (TPSA) is 85.2 Å². The van der Waals surface area contributed by atoms with Crippen LogP contribution in [0.4, 0.5) is 19.1 Å². The average Bonchev–Trinajstić information content (AvgIpc) is 2.87. The molecule has 0 saturated heterocycles. The third-order valence-electron chi connectivity index (χ3n) is 2.11. The fourth-order valence-electron chi connectivity index (χ4n) is 1.24. The molecule has 100 valence electrons. The van der Waals surface area contributed by atoms with E-state index in [1.54, 1.807) is 18.2 Å². The fraction of sp³-hybridized carbons (Fsp3) is 0.100. The second kappa shape index (κ2) is 4.69. The molecule has 1 heterocycles. The van der Waals surface area contributed by atoms with E-state index in [2.05, 4.69) is 14.7 Å². The first-order chi connectivity index (χ1) is 8.89. The summed E-state index contributed by atoms with van der Waals surface area (Å²) in [5.41, 5.74) is 0.184. The molecule has 9 heteroatoms. The molecule has 2 N–H and O–H groups in total. The minimum atomic E-state index is -4.79. The molecule has 6 nitrogen and oxygen atoms in total. The monoisotopic (exact) mass is 272 g/mol. The van der Waals surface area contributed by atoms with Gasteiger partial charge in [-0.3, -0.25) is 4.79 Å². The van der Waals surface area contributed by atoms with Crippen LogP contribution >= 0.6 is 0 Å². The Morgan fingerprint density at radius 3 is 2.42 bits per heavy atom. The van der Waals surface area contributed by atoms with Crippen LogP contribution < -0.4 is 10.9 Å². The van der Waals surface area contributed by atoms with E-state index in [9.17, 15) is 18.0 Å². The molecule has 1 aromatic heterocycles. The Kier molecular flexibility index (Phi) is 3.21. The van der Waals surface area contributed by atoms with Crippen molar-refractivity contribution < 1.29 is 22.5 Å². The van der Waals surface area contributed by atoms with Gasteiger partial charge in [-0.25, -0.2) is 10.9 Å². The van der Waals surface area contributed by atoms with Crippen molar-refractivity contribution in [1.82, 2.24) is 10.1 Å². The SMILES string of the molecule is NN(C(=O)c1ccccc1)c1noc(C(F)(F)F)n1. The van der Waals surface area contributed by atoms with Gasteiger partial charge >= 0.3 is 12.1 Å². The number of alkyl halides is 3. The molecule has 0 aliphatic rings. The Balaban J connectivity index is 2.23. The molecule has 2 aromatic rings. The van der Waals surface area contributed by atoms with Crippen molar-refractivity contribution in [3.05, 3.63) is 41.8 Å². The molecule has 0 bridgehead atoms. The van der Waals surface area contributed by atoms with Gasteiger partial charge in [0.05, 0.1) is 0 Å². The quantitative estimate of drug-likeness (QED) is 0.510. The number of aromatic nitrogens is 2. The molecule has 0 aliphatic heterocycles. The first-order valence-corrected chi connectivity index (χ1v) is 4.94. The van der Waals surface area contributed by atoms with Gasteiger partial charge in [-0.05, 0) is 17.3 Å². The first kappa shape index (κ1) is 13.0. The zero-order valence-electron chi connectivity index (χ0n) is 9.26. The number of hydrogen-bond donors (Lipinski definition) is 1. The van der Waals surface area contributed by atoms with E-state index in [-0.39, 0.29) is 5.56 Å². The van der Waals surface area contributed by atoms with Crippen LogP contribution in [0.2, 0.25) is 0 Å². The third kappa shape index (κ3) is 2.71. The van der Waals surface area contributed by atoms with Gasteiger partial charge in [-0.1, -0.05) is 18.2 Å². The number of hydrogen-bond acceptors (Lipinski definition) is 5. The fourth-order valence-corrected chi connectivity index (χ4v) is 1.24. The first-order valence-electron chi connectivity index (χ1n) is 4.94. The van der Waals surface area contributed by atoms with Crippen molar-refractivity contribution in [2.75, 3.05) is 5.01 Å². The molecule has 0 fully saturated rings. The summed E-state index contributed by atoms with van der Waals surface area (Å²) in [5, 5.41) is 3.39. The van der Waals surface area contributed by atoms with Crippen LogP contribution in [0, 0.1) is 0 Å². The van der Waals surface area contributed by atoms with E-state index in [0.717, 1.165) is 0 Å². The second-order valence-corrected chi connectivity index (χ2v) is 3.44. The van der Waals surface area contributed by atoms with Gasteiger partial charge in [-0.2, -0.15) is 18.2 Å². The van der Waals surface area contributed by atoms with Crippen molar-refractivity contribution in [3.8, 4) is 0 Å². The predicted octanol–water partition coefficient (Wildman–Crippen LogP) is 1.61. The van der Waals surface area contributed by atoms with Crippen LogP contribution in [-0.4, -0.2) is 16.0 Å². The highest BCUT2D eigenvalue weighted by atomic mass is 19.4. The number of rotatable bonds is 2. The summed E-state index contributed by atoms with van der Waals surface area (Å²) in [5.74, 6) is 2.37. The smallest absolute Gasteiger partial charge is 0.327 e. The van der Waals surface area contributed by atoms with Crippen molar-refractivity contribution in [2.24, 2.45) is 5.84 Å². The van der Waals surface area contributed by atoms with E-state index < -0.39 is 23.9 Å². The number of nitrogens with two attached hydrogens (primary N) is 1. The Morgan fingerprint density at radius 1 is 1.26 bits per heavy atom. The third-order valence-corrected chi connectivity index (χ3v) is 2.11. The number of benzene rings is 1. The lowest BCUT2D eigenvalue weighted by Crippen LogP contribution is -2.38. The maximum Gasteiger partial charge on any atom is 0.471 e. The Hall–Kier alpha value is -2.42. The summed E-state index contributed by atoms with van der Waals surface area (Å²) in [4.78, 5) is 14.8. The molecule has 2 rings (SSSR count). The molecule has 0 saturated carbocycles. The summed E-state index contributed by atoms with van der Waals surface area (Å²) >= 11 is 0. The summed E-state index contributed by atoms with van der Waals surface area (Å²) in [6, 6.07) is 7.74. The predicted molar refractivity (Wildman–Crippen MR) is 56.7 cm³/mol. The van der Waals surface area contributed by atoms with E-state index in [4.69, 9.17) is 5.84 Å². The van der Waals surface area contributed by atoms with Gasteiger partial charge in [0.15, 0.2) is 0 Å². The minimum Gasteiger partial charge on any atom is -0.327 e. The van der Waals surface area contributed by atoms with Crippen LogP contribution in [0.15, 0.2) is 34.9 Å². The number of hydrazine groups is 1. The number of nitrogens with zero attached hydrogens (tertiary/aromatic N) is 3. The molecule has 19 heavy (non-hydrogen) atoms. The van der Waals surface area contributed by atoms with Crippen LogP contribution in [0.3, 0.4) is 0 Å². The Bertz CT molecular complexity index is 582. The summed E-state index contributed by atoms with van der Waals surface area (Å²) in [6.07, 6.45) is -4.79. The molecule has 1 amide bonds. The molecule has 0 unspecified atom stereocenters. The van der Waals surface area contributed by atoms with Crippen molar-refractivity contribution in [1.29, 1.82) is 0 Å². The van der Waals surface area contributed by atoms with E-state index in [0.29, 0.717) is 5.01 Å². The molecule has 1 aromatic carbocycles. The number of carbonyl (C=O) groups excluding carboxylic acids is 1. The normalized spacial score (nSPS) is 11.4. The lowest BCUT2D eigenvalue weighted by molar-refractivity contribution is -0.159. The lowest BCUT2D eigenvalue weighted by Gasteiger charge is -2.10.